The summed E-state index contributed by atoms with van der Waals surface area (Å²) in [7, 11) is 3.42. The van der Waals surface area contributed by atoms with E-state index in [4.69, 9.17) is 9.47 Å². The number of piperidine rings is 1. The third-order valence-electron chi connectivity index (χ3n) is 5.43. The Labute approximate surface area is 154 Å². The molecule has 1 aromatic rings. The smallest absolute Gasteiger partial charge is 0.225 e. The molecule has 6 heteroatoms. The van der Waals surface area contributed by atoms with Crippen LogP contribution in [0.5, 0.6) is 0 Å². The number of methoxy groups -OCH3 is 1. The minimum atomic E-state index is -0.277. The summed E-state index contributed by atoms with van der Waals surface area (Å²) in [5, 5.41) is 3.14. The van der Waals surface area contributed by atoms with Crippen LogP contribution in [0.2, 0.25) is 0 Å². The summed E-state index contributed by atoms with van der Waals surface area (Å²) in [5.41, 5.74) is 0.989. The predicted molar refractivity (Wildman–Crippen MR) is 97.5 cm³/mol. The first-order chi connectivity index (χ1) is 12.6. The van der Waals surface area contributed by atoms with Crippen molar-refractivity contribution in [2.24, 2.45) is 5.92 Å². The van der Waals surface area contributed by atoms with Gasteiger partial charge in [-0.2, -0.15) is 0 Å². The fourth-order valence-electron chi connectivity index (χ4n) is 4.05. The summed E-state index contributed by atoms with van der Waals surface area (Å²) in [6.07, 6.45) is 2.89. The normalized spacial score (nSPS) is 27.4. The maximum absolute atomic E-state index is 13.1. The number of rotatable bonds is 6. The van der Waals surface area contributed by atoms with Crippen LogP contribution in [-0.2, 0) is 19.1 Å². The third kappa shape index (κ3) is 4.07. The molecule has 2 aliphatic heterocycles. The first-order valence-corrected chi connectivity index (χ1v) is 9.33. The van der Waals surface area contributed by atoms with Crippen molar-refractivity contribution in [3.63, 3.8) is 0 Å². The van der Waals surface area contributed by atoms with Crippen LogP contribution in [0.15, 0.2) is 30.3 Å². The van der Waals surface area contributed by atoms with Gasteiger partial charge in [0.2, 0.25) is 11.8 Å². The van der Waals surface area contributed by atoms with Gasteiger partial charge in [0.1, 0.15) is 0 Å². The van der Waals surface area contributed by atoms with Crippen molar-refractivity contribution in [3.8, 4) is 0 Å². The van der Waals surface area contributed by atoms with Gasteiger partial charge >= 0.3 is 0 Å². The molecule has 4 atom stereocenters. The van der Waals surface area contributed by atoms with Crippen molar-refractivity contribution in [1.29, 1.82) is 0 Å². The number of nitrogens with zero attached hydrogens (tertiary/aromatic N) is 1. The zero-order valence-electron chi connectivity index (χ0n) is 15.5. The summed E-state index contributed by atoms with van der Waals surface area (Å²) in [6, 6.07) is 9.38. The van der Waals surface area contributed by atoms with Crippen LogP contribution in [0.3, 0.4) is 0 Å². The van der Waals surface area contributed by atoms with Crippen molar-refractivity contribution in [3.05, 3.63) is 35.9 Å². The Kier molecular flexibility index (Phi) is 6.27. The molecule has 1 N–H and O–H groups in total. The van der Waals surface area contributed by atoms with Crippen LogP contribution in [-0.4, -0.2) is 56.2 Å². The monoisotopic (exact) mass is 360 g/mol. The number of nitrogens with one attached hydrogen (secondary N) is 1. The van der Waals surface area contributed by atoms with Crippen LogP contribution in [0.25, 0.3) is 0 Å². The molecule has 2 heterocycles. The standard InChI is InChI=1S/C20H28N2O4/c1-22-18(23)11-10-15(19(22)14-7-4-3-5-8-14)20(24)21-16(13-25-2)17-9-6-12-26-17/h3-5,7-8,15-17,19H,6,9-13H2,1-2H3,(H,21,24). The van der Waals surface area contributed by atoms with E-state index >= 15 is 0 Å². The van der Waals surface area contributed by atoms with Crippen LogP contribution in [0, 0.1) is 5.92 Å². The zero-order valence-corrected chi connectivity index (χ0v) is 15.5. The molecule has 2 aliphatic rings. The highest BCUT2D eigenvalue weighted by molar-refractivity contribution is 5.85. The van der Waals surface area contributed by atoms with E-state index in [1.165, 1.54) is 0 Å². The largest absolute Gasteiger partial charge is 0.382 e. The van der Waals surface area contributed by atoms with Gasteiger partial charge in [0.05, 0.1) is 30.7 Å². The van der Waals surface area contributed by atoms with E-state index in [9.17, 15) is 9.59 Å². The Morgan fingerprint density at radius 1 is 1.35 bits per heavy atom. The second kappa shape index (κ2) is 8.64. The SMILES string of the molecule is COCC(NC(=O)C1CCC(=O)N(C)C1c1ccccc1)C1CCCO1. The summed E-state index contributed by atoms with van der Waals surface area (Å²) >= 11 is 0. The molecule has 2 fully saturated rings. The first-order valence-electron chi connectivity index (χ1n) is 9.33. The molecule has 2 saturated heterocycles. The minimum absolute atomic E-state index is 0.00275. The van der Waals surface area contributed by atoms with E-state index in [1.54, 1.807) is 19.1 Å². The average Bonchev–Trinajstić information content (AvgIpc) is 3.18. The van der Waals surface area contributed by atoms with Gasteiger partial charge in [-0.3, -0.25) is 9.59 Å². The highest BCUT2D eigenvalue weighted by atomic mass is 16.5. The number of carbonyl (C=O) groups is 2. The molecule has 0 bridgehead atoms. The number of amides is 2. The Hall–Kier alpha value is -1.92. The number of benzene rings is 1. The summed E-state index contributed by atoms with van der Waals surface area (Å²) in [5.74, 6) is -0.230. The lowest BCUT2D eigenvalue weighted by Gasteiger charge is -2.39. The van der Waals surface area contributed by atoms with Crippen LogP contribution in [0.4, 0.5) is 0 Å². The predicted octanol–water partition coefficient (Wildman–Crippen LogP) is 1.91. The topological polar surface area (TPSA) is 67.9 Å². The van der Waals surface area contributed by atoms with Gasteiger partial charge < -0.3 is 19.7 Å². The van der Waals surface area contributed by atoms with Gasteiger partial charge in [0.15, 0.2) is 0 Å². The maximum Gasteiger partial charge on any atom is 0.225 e. The second-order valence-electron chi connectivity index (χ2n) is 7.13. The average molecular weight is 360 g/mol. The zero-order chi connectivity index (χ0) is 18.5. The molecule has 2 amide bonds. The lowest BCUT2D eigenvalue weighted by atomic mass is 9.83. The number of hydrogen-bond donors (Lipinski definition) is 1. The van der Waals surface area contributed by atoms with Crippen molar-refractivity contribution < 1.29 is 19.1 Å². The molecule has 4 unspecified atom stereocenters. The molecule has 142 valence electrons. The quantitative estimate of drug-likeness (QED) is 0.841. The molecular formula is C20H28N2O4. The van der Waals surface area contributed by atoms with E-state index in [2.05, 4.69) is 5.32 Å². The van der Waals surface area contributed by atoms with Crippen molar-refractivity contribution in [2.75, 3.05) is 27.4 Å². The number of carbonyl (C=O) groups excluding carboxylic acids is 2. The molecule has 0 aromatic heterocycles. The van der Waals surface area contributed by atoms with Gasteiger partial charge in [-0.25, -0.2) is 0 Å². The maximum atomic E-state index is 13.1. The Balaban J connectivity index is 1.77. The molecule has 0 aliphatic carbocycles. The van der Waals surface area contributed by atoms with E-state index in [-0.39, 0.29) is 35.9 Å². The lowest BCUT2D eigenvalue weighted by Crippen LogP contribution is -2.52. The Morgan fingerprint density at radius 2 is 2.12 bits per heavy atom. The van der Waals surface area contributed by atoms with E-state index < -0.39 is 0 Å². The molecule has 0 spiro atoms. The van der Waals surface area contributed by atoms with Crippen LogP contribution < -0.4 is 5.32 Å². The lowest BCUT2D eigenvalue weighted by molar-refractivity contribution is -0.142. The Morgan fingerprint density at radius 3 is 2.77 bits per heavy atom. The van der Waals surface area contributed by atoms with Crippen LogP contribution >= 0.6 is 0 Å². The van der Waals surface area contributed by atoms with Gasteiger partial charge in [-0.1, -0.05) is 30.3 Å². The number of hydrogen-bond acceptors (Lipinski definition) is 4. The molecule has 6 nitrogen and oxygen atoms in total. The first kappa shape index (κ1) is 18.9. The highest BCUT2D eigenvalue weighted by Gasteiger charge is 2.40. The van der Waals surface area contributed by atoms with Crippen molar-refractivity contribution in [2.45, 2.75) is 43.9 Å². The fourth-order valence-corrected chi connectivity index (χ4v) is 4.05. The third-order valence-corrected chi connectivity index (χ3v) is 5.43. The molecule has 26 heavy (non-hydrogen) atoms. The summed E-state index contributed by atoms with van der Waals surface area (Å²) < 4.78 is 11.0. The molecular weight excluding hydrogens is 332 g/mol. The van der Waals surface area contributed by atoms with Gasteiger partial charge in [-0.05, 0) is 24.8 Å². The fraction of sp³-hybridized carbons (Fsp3) is 0.600. The molecule has 0 radical (unpaired) electrons. The Bertz CT molecular complexity index is 615. The second-order valence-corrected chi connectivity index (χ2v) is 7.13. The van der Waals surface area contributed by atoms with Crippen LogP contribution in [0.1, 0.15) is 37.3 Å². The van der Waals surface area contributed by atoms with E-state index in [0.29, 0.717) is 19.4 Å². The molecule has 0 saturated carbocycles. The molecule has 3 rings (SSSR count). The van der Waals surface area contributed by atoms with Gasteiger partial charge in [0, 0.05) is 27.2 Å². The van der Waals surface area contributed by atoms with E-state index in [1.807, 2.05) is 30.3 Å². The molecule has 1 aromatic carbocycles. The highest BCUT2D eigenvalue weighted by Crippen LogP contribution is 2.36. The van der Waals surface area contributed by atoms with E-state index in [0.717, 1.165) is 25.0 Å². The minimum Gasteiger partial charge on any atom is -0.382 e. The van der Waals surface area contributed by atoms with Gasteiger partial charge in [-0.15, -0.1) is 0 Å². The number of likely N-dealkylation sites (tertiary alicyclic amines) is 1. The summed E-state index contributed by atoms with van der Waals surface area (Å²) in [4.78, 5) is 27.1. The van der Waals surface area contributed by atoms with Crippen molar-refractivity contribution in [1.82, 2.24) is 10.2 Å². The summed E-state index contributed by atoms with van der Waals surface area (Å²) in [6.45, 7) is 1.15. The van der Waals surface area contributed by atoms with Gasteiger partial charge in [0.25, 0.3) is 0 Å². The number of ether oxygens (including phenoxy) is 2. The van der Waals surface area contributed by atoms with Crippen molar-refractivity contribution >= 4 is 11.8 Å².